The predicted molar refractivity (Wildman–Crippen MR) is 92.4 cm³/mol. The number of methoxy groups -OCH3 is 1. The van der Waals surface area contributed by atoms with Crippen LogP contribution < -0.4 is 10.1 Å². The van der Waals surface area contributed by atoms with E-state index in [1.807, 2.05) is 19.9 Å². The lowest BCUT2D eigenvalue weighted by molar-refractivity contribution is -0.123. The smallest absolute Gasteiger partial charge is 0.338 e. The van der Waals surface area contributed by atoms with E-state index in [0.717, 1.165) is 11.1 Å². The van der Waals surface area contributed by atoms with Crippen molar-refractivity contribution in [2.75, 3.05) is 12.4 Å². The number of amides is 1. The van der Waals surface area contributed by atoms with E-state index in [1.165, 1.54) is 14.0 Å². The van der Waals surface area contributed by atoms with Gasteiger partial charge in [-0.05, 0) is 56.2 Å². The van der Waals surface area contributed by atoms with Gasteiger partial charge in [0.05, 0.1) is 18.4 Å². The number of ether oxygens (including phenoxy) is 2. The number of carbonyl (C=O) groups is 2. The Hall–Kier alpha value is -2.82. The van der Waals surface area contributed by atoms with E-state index >= 15 is 0 Å². The highest BCUT2D eigenvalue weighted by atomic mass is 16.5. The molecule has 126 valence electrons. The number of para-hydroxylation sites is 2. The third kappa shape index (κ3) is 4.13. The summed E-state index contributed by atoms with van der Waals surface area (Å²) >= 11 is 0. The van der Waals surface area contributed by atoms with E-state index in [2.05, 4.69) is 5.32 Å². The lowest BCUT2D eigenvalue weighted by Gasteiger charge is -2.15. The Bertz CT molecular complexity index is 755. The summed E-state index contributed by atoms with van der Waals surface area (Å²) in [5, 5.41) is 2.70. The summed E-state index contributed by atoms with van der Waals surface area (Å²) in [6, 6.07) is 12.3. The molecule has 0 aliphatic rings. The summed E-state index contributed by atoms with van der Waals surface area (Å²) in [5.74, 6) is -0.406. The molecule has 2 rings (SSSR count). The number of nitrogens with one attached hydrogen (secondary N) is 1. The Morgan fingerprint density at radius 2 is 1.75 bits per heavy atom. The fourth-order valence-electron chi connectivity index (χ4n) is 2.13. The number of anilines is 1. The lowest BCUT2D eigenvalue weighted by atomic mass is 10.1. The molecule has 2 aromatic carbocycles. The van der Waals surface area contributed by atoms with Crippen LogP contribution in [0.3, 0.4) is 0 Å². The van der Waals surface area contributed by atoms with Crippen molar-refractivity contribution in [3.63, 3.8) is 0 Å². The molecular formula is C19H21NO4. The normalized spacial score (nSPS) is 11.5. The average Bonchev–Trinajstić information content (AvgIpc) is 2.57. The second-order valence-corrected chi connectivity index (χ2v) is 5.54. The maximum absolute atomic E-state index is 12.2. The zero-order valence-corrected chi connectivity index (χ0v) is 14.3. The zero-order chi connectivity index (χ0) is 17.7. The van der Waals surface area contributed by atoms with Gasteiger partial charge in [0.15, 0.2) is 6.10 Å². The van der Waals surface area contributed by atoms with Gasteiger partial charge in [-0.15, -0.1) is 0 Å². The summed E-state index contributed by atoms with van der Waals surface area (Å²) in [6.07, 6.45) is -0.927. The third-order valence-electron chi connectivity index (χ3n) is 3.76. The molecule has 0 saturated heterocycles. The molecule has 0 fully saturated rings. The van der Waals surface area contributed by atoms with Gasteiger partial charge in [0.1, 0.15) is 5.75 Å². The third-order valence-corrected chi connectivity index (χ3v) is 3.76. The molecule has 0 spiro atoms. The number of hydrogen-bond acceptors (Lipinski definition) is 4. The fourth-order valence-corrected chi connectivity index (χ4v) is 2.13. The summed E-state index contributed by atoms with van der Waals surface area (Å²) in [6.45, 7) is 5.42. The number of rotatable bonds is 5. The van der Waals surface area contributed by atoms with Gasteiger partial charge in [-0.2, -0.15) is 0 Å². The van der Waals surface area contributed by atoms with Crippen LogP contribution in [-0.2, 0) is 9.53 Å². The predicted octanol–water partition coefficient (Wildman–Crippen LogP) is 3.50. The Balaban J connectivity index is 2.03. The van der Waals surface area contributed by atoms with Crippen molar-refractivity contribution in [3.05, 3.63) is 59.2 Å². The van der Waals surface area contributed by atoms with Crippen LogP contribution in [0.1, 0.15) is 28.4 Å². The maximum atomic E-state index is 12.2. The van der Waals surface area contributed by atoms with Gasteiger partial charge < -0.3 is 14.8 Å². The first-order valence-electron chi connectivity index (χ1n) is 7.64. The molecule has 0 unspecified atom stereocenters. The highest BCUT2D eigenvalue weighted by molar-refractivity contribution is 5.98. The summed E-state index contributed by atoms with van der Waals surface area (Å²) in [7, 11) is 1.52. The van der Waals surface area contributed by atoms with E-state index in [-0.39, 0.29) is 0 Å². The van der Waals surface area contributed by atoms with E-state index in [0.29, 0.717) is 17.0 Å². The van der Waals surface area contributed by atoms with Gasteiger partial charge in [0.25, 0.3) is 5.91 Å². The quantitative estimate of drug-likeness (QED) is 0.854. The first-order chi connectivity index (χ1) is 11.4. The first-order valence-corrected chi connectivity index (χ1v) is 7.64. The van der Waals surface area contributed by atoms with Crippen LogP contribution in [0.15, 0.2) is 42.5 Å². The second-order valence-electron chi connectivity index (χ2n) is 5.54. The average molecular weight is 327 g/mol. The van der Waals surface area contributed by atoms with Crippen LogP contribution in [-0.4, -0.2) is 25.1 Å². The topological polar surface area (TPSA) is 64.6 Å². The van der Waals surface area contributed by atoms with Gasteiger partial charge in [0, 0.05) is 0 Å². The van der Waals surface area contributed by atoms with Crippen LogP contribution in [0, 0.1) is 13.8 Å². The molecule has 5 nitrogen and oxygen atoms in total. The largest absolute Gasteiger partial charge is 0.495 e. The molecule has 1 amide bonds. The monoisotopic (exact) mass is 327 g/mol. The molecule has 2 aromatic rings. The van der Waals surface area contributed by atoms with E-state index in [1.54, 1.807) is 36.4 Å². The lowest BCUT2D eigenvalue weighted by Crippen LogP contribution is -2.30. The van der Waals surface area contributed by atoms with E-state index in [4.69, 9.17) is 9.47 Å². The Morgan fingerprint density at radius 1 is 1.04 bits per heavy atom. The van der Waals surface area contributed by atoms with Gasteiger partial charge in [-0.3, -0.25) is 4.79 Å². The van der Waals surface area contributed by atoms with E-state index in [9.17, 15) is 9.59 Å². The minimum atomic E-state index is -0.927. The molecule has 1 N–H and O–H groups in total. The van der Waals surface area contributed by atoms with Crippen molar-refractivity contribution < 1.29 is 19.1 Å². The second kappa shape index (κ2) is 7.64. The van der Waals surface area contributed by atoms with Crippen molar-refractivity contribution in [2.45, 2.75) is 26.9 Å². The molecule has 0 aliphatic heterocycles. The molecule has 24 heavy (non-hydrogen) atoms. The summed E-state index contributed by atoms with van der Waals surface area (Å²) in [5.41, 5.74) is 3.04. The molecular weight excluding hydrogens is 306 g/mol. The van der Waals surface area contributed by atoms with Gasteiger partial charge >= 0.3 is 5.97 Å². The molecule has 0 aliphatic carbocycles. The number of carbonyl (C=O) groups excluding carboxylic acids is 2. The van der Waals surface area contributed by atoms with Crippen molar-refractivity contribution in [2.24, 2.45) is 0 Å². The van der Waals surface area contributed by atoms with Crippen LogP contribution >= 0.6 is 0 Å². The minimum absolute atomic E-state index is 0.420. The van der Waals surface area contributed by atoms with Crippen LogP contribution in [0.4, 0.5) is 5.69 Å². The Labute approximate surface area is 141 Å². The van der Waals surface area contributed by atoms with Crippen molar-refractivity contribution in [3.8, 4) is 5.75 Å². The Kier molecular flexibility index (Phi) is 5.58. The standard InChI is InChI=1S/C19H21NO4/c1-12-9-10-15(11-13(12)2)19(22)24-14(3)18(21)20-16-7-5-6-8-17(16)23-4/h5-11,14H,1-4H3,(H,20,21)/t14-/m0/s1. The zero-order valence-electron chi connectivity index (χ0n) is 14.3. The van der Waals surface area contributed by atoms with Crippen LogP contribution in [0.25, 0.3) is 0 Å². The fraction of sp³-hybridized carbons (Fsp3) is 0.263. The number of aryl methyl sites for hydroxylation is 2. The molecule has 0 bridgehead atoms. The molecule has 0 radical (unpaired) electrons. The van der Waals surface area contributed by atoms with Crippen molar-refractivity contribution >= 4 is 17.6 Å². The molecule has 1 atom stereocenters. The van der Waals surface area contributed by atoms with Crippen LogP contribution in [0.2, 0.25) is 0 Å². The SMILES string of the molecule is COc1ccccc1NC(=O)[C@H](C)OC(=O)c1ccc(C)c(C)c1. The minimum Gasteiger partial charge on any atom is -0.495 e. The molecule has 0 heterocycles. The summed E-state index contributed by atoms with van der Waals surface area (Å²) < 4.78 is 10.4. The van der Waals surface area contributed by atoms with Crippen molar-refractivity contribution in [1.82, 2.24) is 0 Å². The first kappa shape index (κ1) is 17.5. The van der Waals surface area contributed by atoms with Gasteiger partial charge in [0.2, 0.25) is 0 Å². The van der Waals surface area contributed by atoms with Gasteiger partial charge in [-0.1, -0.05) is 18.2 Å². The number of esters is 1. The highest BCUT2D eigenvalue weighted by Crippen LogP contribution is 2.23. The Morgan fingerprint density at radius 3 is 2.42 bits per heavy atom. The molecule has 0 aromatic heterocycles. The van der Waals surface area contributed by atoms with E-state index < -0.39 is 18.0 Å². The van der Waals surface area contributed by atoms with Crippen molar-refractivity contribution in [1.29, 1.82) is 0 Å². The molecule has 0 saturated carbocycles. The number of hydrogen-bond donors (Lipinski definition) is 1. The highest BCUT2D eigenvalue weighted by Gasteiger charge is 2.20. The number of benzene rings is 2. The summed E-state index contributed by atoms with van der Waals surface area (Å²) in [4.78, 5) is 24.4. The van der Waals surface area contributed by atoms with Crippen LogP contribution in [0.5, 0.6) is 5.75 Å². The maximum Gasteiger partial charge on any atom is 0.338 e. The molecule has 5 heteroatoms. The van der Waals surface area contributed by atoms with Gasteiger partial charge in [-0.25, -0.2) is 4.79 Å².